The van der Waals surface area contributed by atoms with Gasteiger partial charge in [-0.2, -0.15) is 0 Å². The summed E-state index contributed by atoms with van der Waals surface area (Å²) < 4.78 is 0. The van der Waals surface area contributed by atoms with Gasteiger partial charge in [0.1, 0.15) is 0 Å². The predicted octanol–water partition coefficient (Wildman–Crippen LogP) is -0.704. The normalized spacial score (nSPS) is 22.9. The molecular weight excluding hydrogens is 192 g/mol. The van der Waals surface area contributed by atoms with Gasteiger partial charge in [-0.1, -0.05) is 6.92 Å². The minimum absolute atomic E-state index is 0.0619. The maximum absolute atomic E-state index is 11.4. The second kappa shape index (κ2) is 6.05. The van der Waals surface area contributed by atoms with E-state index in [1.807, 2.05) is 6.92 Å². The Morgan fingerprint density at radius 2 is 2.13 bits per heavy atom. The van der Waals surface area contributed by atoms with Crippen LogP contribution in [-0.4, -0.2) is 43.0 Å². The maximum Gasteiger partial charge on any atom is 0.238 e. The van der Waals surface area contributed by atoms with Crippen LogP contribution in [0.25, 0.3) is 0 Å². The van der Waals surface area contributed by atoms with Crippen LogP contribution in [-0.2, 0) is 4.79 Å². The Kier molecular flexibility index (Phi) is 5.01. The SMILES string of the molecule is CC(C(=O)NN)C(C)N1CCCNCC1. The van der Waals surface area contributed by atoms with Crippen molar-refractivity contribution >= 4 is 5.91 Å². The minimum atomic E-state index is -0.0836. The van der Waals surface area contributed by atoms with Crippen molar-refractivity contribution in [3.8, 4) is 0 Å². The van der Waals surface area contributed by atoms with Crippen LogP contribution < -0.4 is 16.6 Å². The van der Waals surface area contributed by atoms with Crippen molar-refractivity contribution in [3.05, 3.63) is 0 Å². The lowest BCUT2D eigenvalue weighted by molar-refractivity contribution is -0.126. The van der Waals surface area contributed by atoms with E-state index in [9.17, 15) is 4.79 Å². The van der Waals surface area contributed by atoms with Crippen molar-refractivity contribution < 1.29 is 4.79 Å². The second-order valence-corrected chi connectivity index (χ2v) is 4.18. The first-order valence-electron chi connectivity index (χ1n) is 5.62. The largest absolute Gasteiger partial charge is 0.315 e. The third kappa shape index (κ3) is 3.44. The predicted molar refractivity (Wildman–Crippen MR) is 60.0 cm³/mol. The third-order valence-electron chi connectivity index (χ3n) is 3.23. The number of hydrazine groups is 1. The standard InChI is InChI=1S/C10H22N4O/c1-8(10(15)13-11)9(2)14-6-3-4-12-5-7-14/h8-9,12H,3-7,11H2,1-2H3,(H,13,15). The number of hydrogen-bond acceptors (Lipinski definition) is 4. The van der Waals surface area contributed by atoms with E-state index < -0.39 is 0 Å². The molecule has 1 amide bonds. The monoisotopic (exact) mass is 214 g/mol. The zero-order valence-corrected chi connectivity index (χ0v) is 9.62. The Hall–Kier alpha value is -0.650. The van der Waals surface area contributed by atoms with Gasteiger partial charge in [0.25, 0.3) is 0 Å². The average Bonchev–Trinajstić information content (AvgIpc) is 2.54. The molecule has 2 atom stereocenters. The fourth-order valence-corrected chi connectivity index (χ4v) is 1.94. The molecule has 5 nitrogen and oxygen atoms in total. The first-order valence-corrected chi connectivity index (χ1v) is 5.62. The molecule has 0 bridgehead atoms. The Labute approximate surface area is 91.3 Å². The summed E-state index contributed by atoms with van der Waals surface area (Å²) in [5.41, 5.74) is 2.22. The van der Waals surface area contributed by atoms with Crippen molar-refractivity contribution in [2.24, 2.45) is 11.8 Å². The van der Waals surface area contributed by atoms with Gasteiger partial charge in [-0.15, -0.1) is 0 Å². The van der Waals surface area contributed by atoms with E-state index in [0.29, 0.717) is 0 Å². The van der Waals surface area contributed by atoms with Crippen molar-refractivity contribution in [1.82, 2.24) is 15.6 Å². The summed E-state index contributed by atoms with van der Waals surface area (Å²) in [6.07, 6.45) is 1.14. The molecule has 1 aliphatic heterocycles. The van der Waals surface area contributed by atoms with Crippen LogP contribution in [0.1, 0.15) is 20.3 Å². The van der Waals surface area contributed by atoms with Gasteiger partial charge in [-0.3, -0.25) is 15.1 Å². The quantitative estimate of drug-likeness (QED) is 0.330. The summed E-state index contributed by atoms with van der Waals surface area (Å²) in [6.45, 7) is 8.14. The van der Waals surface area contributed by atoms with Crippen molar-refractivity contribution in [2.45, 2.75) is 26.3 Å². The zero-order chi connectivity index (χ0) is 11.3. The van der Waals surface area contributed by atoms with Gasteiger partial charge in [-0.05, 0) is 26.4 Å². The molecule has 1 rings (SSSR count). The van der Waals surface area contributed by atoms with Gasteiger partial charge in [0.2, 0.25) is 5.91 Å². The highest BCUT2D eigenvalue weighted by molar-refractivity contribution is 5.78. The van der Waals surface area contributed by atoms with Crippen LogP contribution in [0.4, 0.5) is 0 Å². The first-order chi connectivity index (χ1) is 7.16. The Bertz CT molecular complexity index is 202. The van der Waals surface area contributed by atoms with Crippen LogP contribution in [0.3, 0.4) is 0 Å². The fraction of sp³-hybridized carbons (Fsp3) is 0.900. The van der Waals surface area contributed by atoms with Crippen molar-refractivity contribution in [2.75, 3.05) is 26.2 Å². The number of rotatable bonds is 3. The van der Waals surface area contributed by atoms with Crippen LogP contribution in [0.15, 0.2) is 0 Å². The smallest absolute Gasteiger partial charge is 0.238 e. The molecule has 2 unspecified atom stereocenters. The van der Waals surface area contributed by atoms with Crippen LogP contribution >= 0.6 is 0 Å². The van der Waals surface area contributed by atoms with E-state index in [0.717, 1.165) is 32.6 Å². The Morgan fingerprint density at radius 3 is 2.80 bits per heavy atom. The highest BCUT2D eigenvalue weighted by Gasteiger charge is 2.25. The van der Waals surface area contributed by atoms with Gasteiger partial charge in [0.15, 0.2) is 0 Å². The van der Waals surface area contributed by atoms with E-state index in [-0.39, 0.29) is 17.9 Å². The number of carbonyl (C=O) groups is 1. The van der Waals surface area contributed by atoms with E-state index in [1.165, 1.54) is 0 Å². The highest BCUT2D eigenvalue weighted by atomic mass is 16.2. The average molecular weight is 214 g/mol. The van der Waals surface area contributed by atoms with E-state index in [1.54, 1.807) is 0 Å². The number of nitrogens with zero attached hydrogens (tertiary/aromatic N) is 1. The summed E-state index contributed by atoms with van der Waals surface area (Å²) in [5.74, 6) is 5.00. The van der Waals surface area contributed by atoms with Gasteiger partial charge in [0.05, 0.1) is 5.92 Å². The maximum atomic E-state index is 11.4. The molecule has 1 aliphatic rings. The summed E-state index contributed by atoms with van der Waals surface area (Å²) in [5, 5.41) is 3.35. The lowest BCUT2D eigenvalue weighted by Gasteiger charge is -2.30. The highest BCUT2D eigenvalue weighted by Crippen LogP contribution is 2.12. The Balaban J connectivity index is 2.49. The zero-order valence-electron chi connectivity index (χ0n) is 9.62. The molecule has 4 N–H and O–H groups in total. The third-order valence-corrected chi connectivity index (χ3v) is 3.23. The number of hydrogen-bond donors (Lipinski definition) is 3. The van der Waals surface area contributed by atoms with Gasteiger partial charge in [0, 0.05) is 19.1 Å². The molecule has 0 saturated carbocycles. The minimum Gasteiger partial charge on any atom is -0.315 e. The molecular formula is C10H22N4O. The molecule has 1 heterocycles. The molecule has 0 aromatic rings. The number of amides is 1. The summed E-state index contributed by atoms with van der Waals surface area (Å²) in [4.78, 5) is 13.8. The molecule has 0 radical (unpaired) electrons. The van der Waals surface area contributed by atoms with E-state index in [4.69, 9.17) is 5.84 Å². The summed E-state index contributed by atoms with van der Waals surface area (Å²) in [7, 11) is 0. The van der Waals surface area contributed by atoms with Gasteiger partial charge < -0.3 is 5.32 Å². The topological polar surface area (TPSA) is 70.4 Å². The summed E-state index contributed by atoms with van der Waals surface area (Å²) in [6, 6.07) is 0.244. The van der Waals surface area contributed by atoms with Crippen LogP contribution in [0.5, 0.6) is 0 Å². The molecule has 15 heavy (non-hydrogen) atoms. The second-order valence-electron chi connectivity index (χ2n) is 4.18. The van der Waals surface area contributed by atoms with Crippen LogP contribution in [0.2, 0.25) is 0 Å². The number of carbonyl (C=O) groups excluding carboxylic acids is 1. The number of nitrogens with one attached hydrogen (secondary N) is 2. The molecule has 0 aliphatic carbocycles. The molecule has 0 aromatic heterocycles. The number of nitrogens with two attached hydrogens (primary N) is 1. The molecule has 0 spiro atoms. The molecule has 5 heteroatoms. The summed E-state index contributed by atoms with van der Waals surface area (Å²) >= 11 is 0. The van der Waals surface area contributed by atoms with Crippen molar-refractivity contribution in [3.63, 3.8) is 0 Å². The first kappa shape index (κ1) is 12.4. The molecule has 0 aromatic carbocycles. The van der Waals surface area contributed by atoms with Gasteiger partial charge in [-0.25, -0.2) is 5.84 Å². The van der Waals surface area contributed by atoms with E-state index >= 15 is 0 Å². The lowest BCUT2D eigenvalue weighted by Crippen LogP contribution is -2.47. The molecule has 1 saturated heterocycles. The lowest BCUT2D eigenvalue weighted by atomic mass is 10.0. The van der Waals surface area contributed by atoms with Gasteiger partial charge >= 0.3 is 0 Å². The van der Waals surface area contributed by atoms with Crippen molar-refractivity contribution in [1.29, 1.82) is 0 Å². The van der Waals surface area contributed by atoms with E-state index in [2.05, 4.69) is 22.6 Å². The Morgan fingerprint density at radius 1 is 1.40 bits per heavy atom. The fourth-order valence-electron chi connectivity index (χ4n) is 1.94. The molecule has 88 valence electrons. The molecule has 1 fully saturated rings. The van der Waals surface area contributed by atoms with Crippen LogP contribution in [0, 0.1) is 5.92 Å².